The van der Waals surface area contributed by atoms with Gasteiger partial charge < -0.3 is 0 Å². The highest BCUT2D eigenvalue weighted by atomic mass is 32.2. The van der Waals surface area contributed by atoms with Crippen LogP contribution in [-0.4, -0.2) is 20.2 Å². The first-order valence-electron chi connectivity index (χ1n) is 3.82. The van der Waals surface area contributed by atoms with Crippen molar-refractivity contribution in [2.24, 2.45) is 0 Å². The summed E-state index contributed by atoms with van der Waals surface area (Å²) in [5, 5.41) is 7.36. The Morgan fingerprint density at radius 1 is 1.54 bits per heavy atom. The highest BCUT2D eigenvalue weighted by Gasteiger charge is 2.18. The fraction of sp³-hybridized carbons (Fsp3) is 0.625. The van der Waals surface area contributed by atoms with Crippen LogP contribution in [0.1, 0.15) is 20.3 Å². The first-order chi connectivity index (χ1) is 6.04. The predicted octanol–water partition coefficient (Wildman–Crippen LogP) is 0.231. The maximum Gasteiger partial charge on any atom is 0.227 e. The highest BCUT2D eigenvalue weighted by Crippen LogP contribution is 1.95. The molecule has 0 rings (SSSR count). The number of nitrogens with one attached hydrogen (secondary N) is 1. The van der Waals surface area contributed by atoms with Gasteiger partial charge in [-0.25, -0.2) is 13.1 Å². The average molecular weight is 200 g/mol. The lowest BCUT2D eigenvalue weighted by atomic mass is 10.4. The van der Waals surface area contributed by atoms with E-state index in [1.165, 1.54) is 6.92 Å². The van der Waals surface area contributed by atoms with Crippen LogP contribution in [0.2, 0.25) is 0 Å². The second-order valence-corrected chi connectivity index (χ2v) is 4.47. The number of hydrogen-bond acceptors (Lipinski definition) is 3. The van der Waals surface area contributed by atoms with Crippen molar-refractivity contribution in [1.82, 2.24) is 4.72 Å². The Balaban J connectivity index is 4.04. The minimum atomic E-state index is -3.47. The zero-order valence-electron chi connectivity index (χ0n) is 7.66. The van der Waals surface area contributed by atoms with Gasteiger partial charge in [0.25, 0.3) is 0 Å². The zero-order chi connectivity index (χ0) is 10.3. The topological polar surface area (TPSA) is 70.0 Å². The number of nitriles is 1. The molecule has 0 spiro atoms. The summed E-state index contributed by atoms with van der Waals surface area (Å²) < 4.78 is 24.6. The molecule has 0 heterocycles. The molecule has 0 aromatic heterocycles. The molecule has 5 heteroatoms. The molecule has 0 aliphatic heterocycles. The van der Waals surface area contributed by atoms with Gasteiger partial charge in [0.2, 0.25) is 10.0 Å². The Morgan fingerprint density at radius 3 is 2.62 bits per heavy atom. The Labute approximate surface area is 79.0 Å². The highest BCUT2D eigenvalue weighted by molar-refractivity contribution is 7.90. The van der Waals surface area contributed by atoms with Crippen molar-refractivity contribution >= 4 is 10.0 Å². The van der Waals surface area contributed by atoms with Crippen molar-refractivity contribution in [2.75, 3.05) is 6.54 Å². The summed E-state index contributed by atoms with van der Waals surface area (Å²) >= 11 is 0. The number of rotatable bonds is 4. The smallest absolute Gasteiger partial charge is 0.213 e. The van der Waals surface area contributed by atoms with Crippen molar-refractivity contribution in [3.8, 4) is 17.9 Å². The minimum absolute atomic E-state index is 0.259. The van der Waals surface area contributed by atoms with E-state index in [1.807, 2.05) is 0 Å². The van der Waals surface area contributed by atoms with Crippen molar-refractivity contribution in [1.29, 1.82) is 5.26 Å². The van der Waals surface area contributed by atoms with E-state index in [-0.39, 0.29) is 6.54 Å². The third kappa shape index (κ3) is 4.51. The first kappa shape index (κ1) is 12.0. The van der Waals surface area contributed by atoms with Crippen LogP contribution in [0.4, 0.5) is 0 Å². The number of nitrogens with zero attached hydrogens (tertiary/aromatic N) is 1. The van der Waals surface area contributed by atoms with Crippen LogP contribution in [0.5, 0.6) is 0 Å². The quantitative estimate of drug-likeness (QED) is 0.521. The standard InChI is InChI=1S/C8H12N2O2S/c1-3-4-5-6-10-13(11,12)8(2)7-9/h8,10H,5-6H2,1-2H3. The number of sulfonamides is 1. The first-order valence-corrected chi connectivity index (χ1v) is 5.37. The van der Waals surface area contributed by atoms with E-state index in [0.717, 1.165) is 0 Å². The van der Waals surface area contributed by atoms with Gasteiger partial charge in [0.1, 0.15) is 0 Å². The molecule has 0 aromatic carbocycles. The Kier molecular flexibility index (Phi) is 5.13. The van der Waals surface area contributed by atoms with Gasteiger partial charge in [-0.3, -0.25) is 0 Å². The summed E-state index contributed by atoms with van der Waals surface area (Å²) in [7, 11) is -3.47. The van der Waals surface area contributed by atoms with Crippen LogP contribution < -0.4 is 4.72 Å². The van der Waals surface area contributed by atoms with Gasteiger partial charge in [-0.1, -0.05) is 0 Å². The summed E-state index contributed by atoms with van der Waals surface area (Å²) in [5.74, 6) is 5.37. The molecule has 13 heavy (non-hydrogen) atoms. The van der Waals surface area contributed by atoms with E-state index >= 15 is 0 Å². The molecule has 1 atom stereocenters. The Bertz CT molecular complexity index is 343. The molecule has 0 saturated heterocycles. The van der Waals surface area contributed by atoms with Gasteiger partial charge in [-0.2, -0.15) is 5.26 Å². The van der Waals surface area contributed by atoms with E-state index < -0.39 is 15.3 Å². The van der Waals surface area contributed by atoms with Gasteiger partial charge in [0.05, 0.1) is 6.07 Å². The second-order valence-electron chi connectivity index (χ2n) is 2.39. The third-order valence-electron chi connectivity index (χ3n) is 1.38. The van der Waals surface area contributed by atoms with Crippen molar-refractivity contribution in [2.45, 2.75) is 25.5 Å². The summed E-state index contributed by atoms with van der Waals surface area (Å²) in [6.07, 6.45) is 0.466. The fourth-order valence-electron chi connectivity index (χ4n) is 0.575. The van der Waals surface area contributed by atoms with Crippen LogP contribution in [0.3, 0.4) is 0 Å². The van der Waals surface area contributed by atoms with Crippen LogP contribution in [0, 0.1) is 23.2 Å². The van der Waals surface area contributed by atoms with Gasteiger partial charge in [-0.15, -0.1) is 11.8 Å². The predicted molar refractivity (Wildman–Crippen MR) is 50.1 cm³/mol. The van der Waals surface area contributed by atoms with E-state index in [2.05, 4.69) is 16.6 Å². The molecule has 0 amide bonds. The molecular weight excluding hydrogens is 188 g/mol. The molecule has 0 aliphatic carbocycles. The molecule has 4 nitrogen and oxygen atoms in total. The van der Waals surface area contributed by atoms with Crippen molar-refractivity contribution < 1.29 is 8.42 Å². The van der Waals surface area contributed by atoms with Gasteiger partial charge >= 0.3 is 0 Å². The van der Waals surface area contributed by atoms with Crippen LogP contribution in [0.15, 0.2) is 0 Å². The van der Waals surface area contributed by atoms with E-state index in [4.69, 9.17) is 5.26 Å². The maximum atomic E-state index is 11.1. The van der Waals surface area contributed by atoms with E-state index in [9.17, 15) is 8.42 Å². The molecular formula is C8H12N2O2S. The lowest BCUT2D eigenvalue weighted by Gasteiger charge is -2.05. The largest absolute Gasteiger partial charge is 0.227 e. The lowest BCUT2D eigenvalue weighted by Crippen LogP contribution is -2.32. The maximum absolute atomic E-state index is 11.1. The minimum Gasteiger partial charge on any atom is -0.213 e. The van der Waals surface area contributed by atoms with Crippen LogP contribution >= 0.6 is 0 Å². The molecule has 0 bridgehead atoms. The van der Waals surface area contributed by atoms with Gasteiger partial charge in [-0.05, 0) is 13.8 Å². The SMILES string of the molecule is CC#CCCNS(=O)(=O)C(C)C#N. The van der Waals surface area contributed by atoms with Gasteiger partial charge in [0, 0.05) is 13.0 Å². The molecule has 0 radical (unpaired) electrons. The van der Waals surface area contributed by atoms with Crippen LogP contribution in [-0.2, 0) is 10.0 Å². The monoisotopic (exact) mass is 200 g/mol. The summed E-state index contributed by atoms with van der Waals surface area (Å²) in [4.78, 5) is 0. The zero-order valence-corrected chi connectivity index (χ0v) is 8.48. The average Bonchev–Trinajstić information content (AvgIpc) is 2.11. The molecule has 0 aromatic rings. The van der Waals surface area contributed by atoms with Gasteiger partial charge in [0.15, 0.2) is 5.25 Å². The third-order valence-corrected chi connectivity index (χ3v) is 3.02. The molecule has 0 fully saturated rings. The summed E-state index contributed by atoms with van der Waals surface area (Å²) in [5.41, 5.74) is 0. The fourth-order valence-corrected chi connectivity index (χ4v) is 1.35. The Morgan fingerprint density at radius 2 is 2.15 bits per heavy atom. The molecule has 72 valence electrons. The molecule has 1 unspecified atom stereocenters. The van der Waals surface area contributed by atoms with Crippen LogP contribution in [0.25, 0.3) is 0 Å². The number of hydrogen-bond donors (Lipinski definition) is 1. The molecule has 0 aliphatic rings. The lowest BCUT2D eigenvalue weighted by molar-refractivity contribution is 0.578. The summed E-state index contributed by atoms with van der Waals surface area (Å²) in [6, 6.07) is 1.66. The van der Waals surface area contributed by atoms with Crippen molar-refractivity contribution in [3.05, 3.63) is 0 Å². The van der Waals surface area contributed by atoms with Crippen molar-refractivity contribution in [3.63, 3.8) is 0 Å². The van der Waals surface area contributed by atoms with E-state index in [0.29, 0.717) is 6.42 Å². The normalized spacial score (nSPS) is 12.4. The van der Waals surface area contributed by atoms with E-state index in [1.54, 1.807) is 13.0 Å². The summed E-state index contributed by atoms with van der Waals surface area (Å²) in [6.45, 7) is 3.29. The Hall–Kier alpha value is -1.04. The second kappa shape index (κ2) is 5.58. The molecule has 0 saturated carbocycles. The molecule has 1 N–H and O–H groups in total.